The van der Waals surface area contributed by atoms with Crippen LogP contribution in [0.2, 0.25) is 0 Å². The van der Waals surface area contributed by atoms with E-state index in [0.29, 0.717) is 34.6 Å². The van der Waals surface area contributed by atoms with Gasteiger partial charge in [-0.15, -0.1) is 12.3 Å². The quantitative estimate of drug-likeness (QED) is 0.460. The number of aldehydes is 1. The maximum atomic E-state index is 10.7. The Bertz CT molecular complexity index is 435. The van der Waals surface area contributed by atoms with Crippen LogP contribution in [0.3, 0.4) is 0 Å². The second kappa shape index (κ2) is 6.97. The fraction of sp³-hybridized carbons (Fsp3) is 0.308. The minimum atomic E-state index is 0.513. The van der Waals surface area contributed by atoms with Crippen molar-refractivity contribution < 1.29 is 14.3 Å². The third kappa shape index (κ3) is 3.79. The molecule has 0 fully saturated rings. The summed E-state index contributed by atoms with van der Waals surface area (Å²) in [6, 6.07) is 3.32. The van der Waals surface area contributed by atoms with Crippen molar-refractivity contribution in [1.82, 2.24) is 0 Å². The van der Waals surface area contributed by atoms with Gasteiger partial charge < -0.3 is 9.47 Å². The average Bonchev–Trinajstić information content (AvgIpc) is 2.35. The van der Waals surface area contributed by atoms with Gasteiger partial charge in [0, 0.05) is 12.0 Å². The number of rotatable bonds is 6. The number of ether oxygens (including phenoxy) is 2. The van der Waals surface area contributed by atoms with Crippen LogP contribution in [0.15, 0.2) is 16.6 Å². The van der Waals surface area contributed by atoms with Crippen molar-refractivity contribution in [3.05, 3.63) is 22.2 Å². The van der Waals surface area contributed by atoms with Gasteiger partial charge in [-0.3, -0.25) is 4.79 Å². The van der Waals surface area contributed by atoms with E-state index in [1.54, 1.807) is 12.1 Å². The molecule has 0 spiro atoms. The SMILES string of the molecule is C#CCCCOc1c(Br)cc(C=O)cc1OC. The predicted octanol–water partition coefficient (Wildman–Crippen LogP) is 3.06. The standard InChI is InChI=1S/C13H13BrO3/c1-3-4-5-6-17-13-11(14)7-10(9-15)8-12(13)16-2/h1,7-9H,4-6H2,2H3. The van der Waals surface area contributed by atoms with Crippen LogP contribution in [0.25, 0.3) is 0 Å². The molecule has 0 aliphatic carbocycles. The van der Waals surface area contributed by atoms with E-state index >= 15 is 0 Å². The van der Waals surface area contributed by atoms with Gasteiger partial charge >= 0.3 is 0 Å². The maximum Gasteiger partial charge on any atom is 0.175 e. The molecule has 0 radical (unpaired) electrons. The number of methoxy groups -OCH3 is 1. The molecule has 3 nitrogen and oxygen atoms in total. The summed E-state index contributed by atoms with van der Waals surface area (Å²) in [5.74, 6) is 3.67. The van der Waals surface area contributed by atoms with Gasteiger partial charge in [0.25, 0.3) is 0 Å². The Kier molecular flexibility index (Phi) is 5.58. The molecule has 0 aliphatic rings. The molecule has 0 aliphatic heterocycles. The molecule has 0 bridgehead atoms. The van der Waals surface area contributed by atoms with Gasteiger partial charge in [-0.05, 0) is 34.5 Å². The third-order valence-electron chi connectivity index (χ3n) is 2.10. The number of unbranched alkanes of at least 4 members (excludes halogenated alkanes) is 1. The molecule has 0 atom stereocenters. The van der Waals surface area contributed by atoms with Crippen LogP contribution in [0.1, 0.15) is 23.2 Å². The highest BCUT2D eigenvalue weighted by Gasteiger charge is 2.11. The van der Waals surface area contributed by atoms with Crippen LogP contribution < -0.4 is 9.47 Å². The van der Waals surface area contributed by atoms with Crippen LogP contribution >= 0.6 is 15.9 Å². The Balaban J connectivity index is 2.83. The molecule has 0 saturated heterocycles. The van der Waals surface area contributed by atoms with E-state index in [-0.39, 0.29) is 0 Å². The summed E-state index contributed by atoms with van der Waals surface area (Å²) in [6.45, 7) is 0.513. The molecule has 1 aromatic carbocycles. The number of terminal acetylenes is 1. The lowest BCUT2D eigenvalue weighted by Gasteiger charge is -2.12. The lowest BCUT2D eigenvalue weighted by atomic mass is 10.2. The Morgan fingerprint density at radius 3 is 2.88 bits per heavy atom. The van der Waals surface area contributed by atoms with Gasteiger partial charge in [-0.1, -0.05) is 0 Å². The third-order valence-corrected chi connectivity index (χ3v) is 2.69. The molecule has 0 saturated carbocycles. The number of benzene rings is 1. The Labute approximate surface area is 109 Å². The molecule has 0 N–H and O–H groups in total. The van der Waals surface area contributed by atoms with E-state index in [4.69, 9.17) is 15.9 Å². The molecule has 4 heteroatoms. The first-order valence-corrected chi connectivity index (χ1v) is 5.91. The highest BCUT2D eigenvalue weighted by atomic mass is 79.9. The highest BCUT2D eigenvalue weighted by molar-refractivity contribution is 9.10. The van der Waals surface area contributed by atoms with Crippen molar-refractivity contribution >= 4 is 22.2 Å². The normalized spacial score (nSPS) is 9.47. The Hall–Kier alpha value is -1.47. The van der Waals surface area contributed by atoms with Crippen molar-refractivity contribution in [3.8, 4) is 23.8 Å². The first-order chi connectivity index (χ1) is 8.22. The van der Waals surface area contributed by atoms with Crippen molar-refractivity contribution in [1.29, 1.82) is 0 Å². The average molecular weight is 297 g/mol. The first kappa shape index (κ1) is 13.6. The van der Waals surface area contributed by atoms with Crippen molar-refractivity contribution in [2.75, 3.05) is 13.7 Å². The zero-order valence-corrected chi connectivity index (χ0v) is 11.1. The zero-order valence-electron chi connectivity index (χ0n) is 9.53. The lowest BCUT2D eigenvalue weighted by molar-refractivity contribution is 0.112. The van der Waals surface area contributed by atoms with E-state index in [0.717, 1.165) is 12.7 Å². The molecule has 0 amide bonds. The van der Waals surface area contributed by atoms with Crippen molar-refractivity contribution in [2.24, 2.45) is 0 Å². The van der Waals surface area contributed by atoms with Gasteiger partial charge in [-0.25, -0.2) is 0 Å². The van der Waals surface area contributed by atoms with E-state index in [1.807, 2.05) is 0 Å². The number of carbonyl (C=O) groups excluding carboxylic acids is 1. The summed E-state index contributed by atoms with van der Waals surface area (Å²) in [4.78, 5) is 10.7. The van der Waals surface area contributed by atoms with E-state index in [1.165, 1.54) is 7.11 Å². The van der Waals surface area contributed by atoms with E-state index in [9.17, 15) is 4.79 Å². The zero-order chi connectivity index (χ0) is 12.7. The molecule has 1 rings (SSSR count). The molecule has 1 aromatic rings. The van der Waals surface area contributed by atoms with Crippen LogP contribution in [-0.4, -0.2) is 20.0 Å². The number of hydrogen-bond acceptors (Lipinski definition) is 3. The van der Waals surface area contributed by atoms with Gasteiger partial charge in [0.15, 0.2) is 11.5 Å². The first-order valence-electron chi connectivity index (χ1n) is 5.12. The van der Waals surface area contributed by atoms with Gasteiger partial charge in [0.2, 0.25) is 0 Å². The molecule has 17 heavy (non-hydrogen) atoms. The second-order valence-electron chi connectivity index (χ2n) is 3.31. The minimum absolute atomic E-state index is 0.513. The van der Waals surface area contributed by atoms with Crippen molar-refractivity contribution in [2.45, 2.75) is 12.8 Å². The fourth-order valence-electron chi connectivity index (χ4n) is 1.30. The summed E-state index contributed by atoms with van der Waals surface area (Å²) < 4.78 is 11.4. The molecule has 0 heterocycles. The fourth-order valence-corrected chi connectivity index (χ4v) is 1.87. The monoisotopic (exact) mass is 296 g/mol. The lowest BCUT2D eigenvalue weighted by Crippen LogP contribution is -2.00. The highest BCUT2D eigenvalue weighted by Crippen LogP contribution is 2.36. The molecule has 0 unspecified atom stereocenters. The van der Waals surface area contributed by atoms with Gasteiger partial charge in [0.1, 0.15) is 6.29 Å². The summed E-state index contributed by atoms with van der Waals surface area (Å²) in [6.07, 6.45) is 7.37. The Morgan fingerprint density at radius 2 is 2.29 bits per heavy atom. The van der Waals surface area contributed by atoms with Gasteiger partial charge in [0.05, 0.1) is 18.2 Å². The number of hydrogen-bond donors (Lipinski definition) is 0. The van der Waals surface area contributed by atoms with E-state index < -0.39 is 0 Å². The second-order valence-corrected chi connectivity index (χ2v) is 4.16. The summed E-state index contributed by atoms with van der Waals surface area (Å²) in [5, 5.41) is 0. The molecular formula is C13H13BrO3. The van der Waals surface area contributed by atoms with Crippen LogP contribution in [-0.2, 0) is 0 Å². The Morgan fingerprint density at radius 1 is 1.53 bits per heavy atom. The summed E-state index contributed by atoms with van der Waals surface area (Å²) in [5.41, 5.74) is 0.532. The van der Waals surface area contributed by atoms with Crippen LogP contribution in [0.5, 0.6) is 11.5 Å². The van der Waals surface area contributed by atoms with Crippen LogP contribution in [0, 0.1) is 12.3 Å². The largest absolute Gasteiger partial charge is 0.493 e. The molecular weight excluding hydrogens is 284 g/mol. The minimum Gasteiger partial charge on any atom is -0.493 e. The predicted molar refractivity (Wildman–Crippen MR) is 69.6 cm³/mol. The maximum absolute atomic E-state index is 10.7. The van der Waals surface area contributed by atoms with Crippen molar-refractivity contribution in [3.63, 3.8) is 0 Å². The van der Waals surface area contributed by atoms with Gasteiger partial charge in [-0.2, -0.15) is 0 Å². The smallest absolute Gasteiger partial charge is 0.175 e. The molecule has 90 valence electrons. The number of carbonyl (C=O) groups is 1. The number of halogens is 1. The van der Waals surface area contributed by atoms with E-state index in [2.05, 4.69) is 21.9 Å². The molecule has 0 aromatic heterocycles. The topological polar surface area (TPSA) is 35.5 Å². The van der Waals surface area contributed by atoms with Crippen LogP contribution in [0.4, 0.5) is 0 Å². The summed E-state index contributed by atoms with van der Waals surface area (Å²) in [7, 11) is 1.53. The summed E-state index contributed by atoms with van der Waals surface area (Å²) >= 11 is 3.34.